The predicted octanol–water partition coefficient (Wildman–Crippen LogP) is 1.70. The molecular formula is C17H24N6O2. The summed E-state index contributed by atoms with van der Waals surface area (Å²) < 4.78 is 10.5. The van der Waals surface area contributed by atoms with Gasteiger partial charge in [-0.1, -0.05) is 0 Å². The Bertz CT molecular complexity index is 679. The number of hydrogen-bond donors (Lipinski definition) is 0. The SMILES string of the molecule is COc1cc(OC)nc(N2CCC(N(C)c3ncc(C)cn3)CC2)n1. The van der Waals surface area contributed by atoms with Crippen LogP contribution in [0.25, 0.3) is 0 Å². The van der Waals surface area contributed by atoms with E-state index in [1.807, 2.05) is 19.3 Å². The van der Waals surface area contributed by atoms with E-state index in [1.165, 1.54) is 0 Å². The van der Waals surface area contributed by atoms with E-state index in [0.29, 0.717) is 23.8 Å². The molecule has 0 aliphatic carbocycles. The van der Waals surface area contributed by atoms with Crippen LogP contribution in [0.2, 0.25) is 0 Å². The molecule has 8 heteroatoms. The van der Waals surface area contributed by atoms with Crippen LogP contribution in [0.4, 0.5) is 11.9 Å². The van der Waals surface area contributed by atoms with E-state index in [0.717, 1.165) is 37.4 Å². The van der Waals surface area contributed by atoms with Gasteiger partial charge in [0, 0.05) is 38.6 Å². The van der Waals surface area contributed by atoms with Crippen LogP contribution in [0, 0.1) is 6.92 Å². The first-order valence-corrected chi connectivity index (χ1v) is 8.34. The summed E-state index contributed by atoms with van der Waals surface area (Å²) in [5.74, 6) is 2.43. The molecule has 0 N–H and O–H groups in total. The first-order valence-electron chi connectivity index (χ1n) is 8.34. The molecule has 1 aliphatic heterocycles. The number of nitrogens with zero attached hydrogens (tertiary/aromatic N) is 6. The Hall–Kier alpha value is -2.64. The topological polar surface area (TPSA) is 76.5 Å². The second kappa shape index (κ2) is 7.50. The second-order valence-corrected chi connectivity index (χ2v) is 6.14. The minimum Gasteiger partial charge on any atom is -0.481 e. The summed E-state index contributed by atoms with van der Waals surface area (Å²) in [7, 11) is 5.23. The van der Waals surface area contributed by atoms with E-state index < -0.39 is 0 Å². The van der Waals surface area contributed by atoms with Gasteiger partial charge in [-0.2, -0.15) is 9.97 Å². The van der Waals surface area contributed by atoms with Crippen LogP contribution in [-0.2, 0) is 0 Å². The maximum atomic E-state index is 5.23. The maximum absolute atomic E-state index is 5.23. The van der Waals surface area contributed by atoms with Gasteiger partial charge >= 0.3 is 0 Å². The van der Waals surface area contributed by atoms with Crippen molar-refractivity contribution < 1.29 is 9.47 Å². The van der Waals surface area contributed by atoms with E-state index in [2.05, 4.69) is 36.8 Å². The third-order valence-corrected chi connectivity index (χ3v) is 4.46. The molecular weight excluding hydrogens is 320 g/mol. The summed E-state index contributed by atoms with van der Waals surface area (Å²) in [5.41, 5.74) is 1.07. The molecule has 0 unspecified atom stereocenters. The van der Waals surface area contributed by atoms with Crippen molar-refractivity contribution in [3.8, 4) is 11.8 Å². The van der Waals surface area contributed by atoms with E-state index in [1.54, 1.807) is 20.3 Å². The molecule has 8 nitrogen and oxygen atoms in total. The molecule has 0 amide bonds. The maximum Gasteiger partial charge on any atom is 0.231 e. The Kier molecular flexibility index (Phi) is 5.16. The molecule has 0 atom stereocenters. The Morgan fingerprint density at radius 3 is 2.12 bits per heavy atom. The average Bonchev–Trinajstić information content (AvgIpc) is 2.67. The molecule has 3 rings (SSSR count). The summed E-state index contributed by atoms with van der Waals surface area (Å²) in [6.07, 6.45) is 5.67. The molecule has 2 aromatic heterocycles. The van der Waals surface area contributed by atoms with Crippen molar-refractivity contribution in [2.75, 3.05) is 44.2 Å². The summed E-state index contributed by atoms with van der Waals surface area (Å²) in [5, 5.41) is 0. The lowest BCUT2D eigenvalue weighted by Gasteiger charge is -2.36. The average molecular weight is 344 g/mol. The molecule has 0 bridgehead atoms. The van der Waals surface area contributed by atoms with Crippen LogP contribution < -0.4 is 19.3 Å². The van der Waals surface area contributed by atoms with Crippen LogP contribution in [0.5, 0.6) is 11.8 Å². The predicted molar refractivity (Wildman–Crippen MR) is 95.5 cm³/mol. The monoisotopic (exact) mass is 344 g/mol. The zero-order chi connectivity index (χ0) is 17.8. The van der Waals surface area contributed by atoms with Crippen LogP contribution in [0.15, 0.2) is 18.5 Å². The fourth-order valence-corrected chi connectivity index (χ4v) is 2.93. The largest absolute Gasteiger partial charge is 0.481 e. The van der Waals surface area contributed by atoms with Crippen LogP contribution >= 0.6 is 0 Å². The van der Waals surface area contributed by atoms with Crippen molar-refractivity contribution in [1.82, 2.24) is 19.9 Å². The number of aromatic nitrogens is 4. The van der Waals surface area contributed by atoms with Gasteiger partial charge in [-0.25, -0.2) is 9.97 Å². The minimum atomic E-state index is 0.395. The second-order valence-electron chi connectivity index (χ2n) is 6.14. The van der Waals surface area contributed by atoms with Crippen molar-refractivity contribution in [3.63, 3.8) is 0 Å². The summed E-state index contributed by atoms with van der Waals surface area (Å²) >= 11 is 0. The van der Waals surface area contributed by atoms with Gasteiger partial charge in [-0.05, 0) is 25.3 Å². The Balaban J connectivity index is 1.66. The lowest BCUT2D eigenvalue weighted by atomic mass is 10.0. The molecule has 1 aliphatic rings. The van der Waals surface area contributed by atoms with Gasteiger partial charge in [-0.15, -0.1) is 0 Å². The van der Waals surface area contributed by atoms with Gasteiger partial charge in [0.25, 0.3) is 0 Å². The fourth-order valence-electron chi connectivity index (χ4n) is 2.93. The van der Waals surface area contributed by atoms with Crippen LogP contribution in [0.3, 0.4) is 0 Å². The number of methoxy groups -OCH3 is 2. The van der Waals surface area contributed by atoms with E-state index in [9.17, 15) is 0 Å². The zero-order valence-electron chi connectivity index (χ0n) is 15.1. The fraction of sp³-hybridized carbons (Fsp3) is 0.529. The molecule has 0 radical (unpaired) electrons. The molecule has 3 heterocycles. The number of piperidine rings is 1. The Morgan fingerprint density at radius 1 is 1.04 bits per heavy atom. The number of anilines is 2. The van der Waals surface area contributed by atoms with Crippen molar-refractivity contribution in [1.29, 1.82) is 0 Å². The van der Waals surface area contributed by atoms with Gasteiger partial charge in [-0.3, -0.25) is 0 Å². The number of aryl methyl sites for hydroxylation is 1. The van der Waals surface area contributed by atoms with Crippen molar-refractivity contribution in [2.45, 2.75) is 25.8 Å². The third kappa shape index (κ3) is 3.89. The van der Waals surface area contributed by atoms with E-state index in [-0.39, 0.29) is 0 Å². The first-order chi connectivity index (χ1) is 12.1. The summed E-state index contributed by atoms with van der Waals surface area (Å²) in [4.78, 5) is 22.0. The highest BCUT2D eigenvalue weighted by Gasteiger charge is 2.25. The van der Waals surface area contributed by atoms with Gasteiger partial charge in [0.1, 0.15) is 0 Å². The quantitative estimate of drug-likeness (QED) is 0.811. The number of hydrogen-bond acceptors (Lipinski definition) is 8. The normalized spacial score (nSPS) is 15.1. The van der Waals surface area contributed by atoms with Gasteiger partial charge in [0.2, 0.25) is 23.7 Å². The van der Waals surface area contributed by atoms with Gasteiger partial charge in [0.05, 0.1) is 20.3 Å². The van der Waals surface area contributed by atoms with Crippen molar-refractivity contribution in [3.05, 3.63) is 24.0 Å². The Labute approximate surface area is 147 Å². The first kappa shape index (κ1) is 17.2. The van der Waals surface area contributed by atoms with Crippen LogP contribution in [-0.4, -0.2) is 60.3 Å². The molecule has 0 aromatic carbocycles. The molecule has 1 fully saturated rings. The van der Waals surface area contributed by atoms with E-state index in [4.69, 9.17) is 9.47 Å². The highest BCUT2D eigenvalue weighted by atomic mass is 16.5. The van der Waals surface area contributed by atoms with Crippen molar-refractivity contribution in [2.24, 2.45) is 0 Å². The zero-order valence-corrected chi connectivity index (χ0v) is 15.1. The molecule has 25 heavy (non-hydrogen) atoms. The lowest BCUT2D eigenvalue weighted by molar-refractivity contribution is 0.370. The smallest absolute Gasteiger partial charge is 0.231 e. The Morgan fingerprint density at radius 2 is 1.60 bits per heavy atom. The number of rotatable bonds is 5. The van der Waals surface area contributed by atoms with Crippen molar-refractivity contribution >= 4 is 11.9 Å². The molecule has 0 spiro atoms. The summed E-state index contributed by atoms with van der Waals surface area (Å²) in [6.45, 7) is 3.71. The van der Waals surface area contributed by atoms with Gasteiger partial charge < -0.3 is 19.3 Å². The summed E-state index contributed by atoms with van der Waals surface area (Å²) in [6, 6.07) is 2.07. The molecule has 2 aromatic rings. The van der Waals surface area contributed by atoms with Gasteiger partial charge in [0.15, 0.2) is 0 Å². The molecule has 134 valence electrons. The lowest BCUT2D eigenvalue weighted by Crippen LogP contribution is -2.44. The standard InChI is InChI=1S/C17H24N6O2/c1-12-10-18-16(19-11-12)22(2)13-5-7-23(8-6-13)17-20-14(24-3)9-15(21-17)25-4/h9-11,13H,5-8H2,1-4H3. The number of ether oxygens (including phenoxy) is 2. The highest BCUT2D eigenvalue weighted by molar-refractivity contribution is 5.38. The third-order valence-electron chi connectivity index (χ3n) is 4.46. The van der Waals surface area contributed by atoms with E-state index >= 15 is 0 Å². The minimum absolute atomic E-state index is 0.395. The highest BCUT2D eigenvalue weighted by Crippen LogP contribution is 2.25. The van der Waals surface area contributed by atoms with Crippen LogP contribution in [0.1, 0.15) is 18.4 Å². The molecule has 0 saturated carbocycles. The molecule has 1 saturated heterocycles.